The number of carbonyl (C=O) groups excluding carboxylic acids is 1. The molecule has 6 heteroatoms. The molecule has 0 radical (unpaired) electrons. The Kier molecular flexibility index (Phi) is 3.94. The van der Waals surface area contributed by atoms with Crippen LogP contribution in [-0.2, 0) is 7.05 Å². The van der Waals surface area contributed by atoms with Gasteiger partial charge in [0.1, 0.15) is 5.69 Å². The zero-order valence-corrected chi connectivity index (χ0v) is 12.5. The molecule has 1 atom stereocenters. The number of imidazole rings is 1. The maximum atomic E-state index is 12.8. The van der Waals surface area contributed by atoms with Gasteiger partial charge in [-0.3, -0.25) is 4.79 Å². The molecule has 110 valence electrons. The van der Waals surface area contributed by atoms with Crippen LogP contribution in [0.1, 0.15) is 22.1 Å². The maximum absolute atomic E-state index is 12.8. The summed E-state index contributed by atoms with van der Waals surface area (Å²) in [4.78, 5) is 18.7. The van der Waals surface area contributed by atoms with Crippen LogP contribution in [-0.4, -0.2) is 40.0 Å². The van der Waals surface area contributed by atoms with Gasteiger partial charge in [0.2, 0.25) is 0 Å². The molecular weight excluding hydrogens is 288 g/mol. The van der Waals surface area contributed by atoms with Gasteiger partial charge in [-0.25, -0.2) is 4.98 Å². The summed E-state index contributed by atoms with van der Waals surface area (Å²) in [5.74, 6) is 0.00137. The first-order chi connectivity index (χ1) is 10.2. The third-order valence-corrected chi connectivity index (χ3v) is 4.01. The van der Waals surface area contributed by atoms with Crippen molar-refractivity contribution in [1.29, 1.82) is 0 Å². The molecule has 1 unspecified atom stereocenters. The van der Waals surface area contributed by atoms with Gasteiger partial charge in [0.15, 0.2) is 0 Å². The normalized spacial score (nSPS) is 18.8. The van der Waals surface area contributed by atoms with Crippen molar-refractivity contribution < 1.29 is 4.79 Å². The highest BCUT2D eigenvalue weighted by atomic mass is 35.5. The number of amides is 1. The van der Waals surface area contributed by atoms with Crippen LogP contribution in [0.4, 0.5) is 0 Å². The van der Waals surface area contributed by atoms with E-state index < -0.39 is 0 Å². The molecule has 1 amide bonds. The van der Waals surface area contributed by atoms with E-state index in [1.807, 2.05) is 36.2 Å². The predicted molar refractivity (Wildman–Crippen MR) is 81.3 cm³/mol. The van der Waals surface area contributed by atoms with Crippen molar-refractivity contribution in [2.75, 3.05) is 19.6 Å². The van der Waals surface area contributed by atoms with E-state index in [9.17, 15) is 4.79 Å². The lowest BCUT2D eigenvalue weighted by molar-refractivity contribution is 0.0624. The van der Waals surface area contributed by atoms with Crippen molar-refractivity contribution >= 4 is 17.5 Å². The number of nitrogens with one attached hydrogen (secondary N) is 1. The minimum atomic E-state index is -0.0140. The number of nitrogens with zero attached hydrogens (tertiary/aromatic N) is 3. The predicted octanol–water partition coefficient (Wildman–Crippen LogP) is 1.86. The Morgan fingerprint density at radius 2 is 2.33 bits per heavy atom. The van der Waals surface area contributed by atoms with E-state index in [4.69, 9.17) is 11.6 Å². The van der Waals surface area contributed by atoms with Crippen molar-refractivity contribution in [2.24, 2.45) is 7.05 Å². The van der Waals surface area contributed by atoms with Gasteiger partial charge in [-0.1, -0.05) is 23.7 Å². The van der Waals surface area contributed by atoms with Crippen molar-refractivity contribution in [3.05, 3.63) is 53.1 Å². The molecule has 5 nitrogen and oxygen atoms in total. The van der Waals surface area contributed by atoms with E-state index in [2.05, 4.69) is 10.3 Å². The Morgan fingerprint density at radius 3 is 3.05 bits per heavy atom. The summed E-state index contributed by atoms with van der Waals surface area (Å²) in [5.41, 5.74) is 1.65. The zero-order chi connectivity index (χ0) is 14.8. The Labute approximate surface area is 128 Å². The maximum Gasteiger partial charge on any atom is 0.272 e. The first kappa shape index (κ1) is 14.1. The standard InChI is InChI=1S/C15H17ClN4O/c1-19-10-18-9-14(19)15(21)20-6-5-17-8-13(20)11-3-2-4-12(16)7-11/h2-4,7,9-10,13,17H,5-6,8H2,1H3. The lowest BCUT2D eigenvalue weighted by Gasteiger charge is -2.36. The molecule has 1 aliphatic heterocycles. The average Bonchev–Trinajstić information content (AvgIpc) is 2.93. The molecule has 0 bridgehead atoms. The topological polar surface area (TPSA) is 50.2 Å². The molecule has 1 fully saturated rings. The monoisotopic (exact) mass is 304 g/mol. The van der Waals surface area contributed by atoms with Gasteiger partial charge in [-0.05, 0) is 17.7 Å². The van der Waals surface area contributed by atoms with Gasteiger partial charge >= 0.3 is 0 Å². The summed E-state index contributed by atoms with van der Waals surface area (Å²) in [6.07, 6.45) is 3.25. The van der Waals surface area contributed by atoms with Crippen molar-refractivity contribution in [3.8, 4) is 0 Å². The molecule has 2 aromatic rings. The van der Waals surface area contributed by atoms with Crippen LogP contribution in [0.25, 0.3) is 0 Å². The van der Waals surface area contributed by atoms with E-state index in [0.717, 1.165) is 18.7 Å². The fraction of sp³-hybridized carbons (Fsp3) is 0.333. The molecule has 1 saturated heterocycles. The molecule has 0 aliphatic carbocycles. The number of benzene rings is 1. The Bertz CT molecular complexity index is 655. The molecule has 1 N–H and O–H groups in total. The quantitative estimate of drug-likeness (QED) is 0.921. The number of aryl methyl sites for hydroxylation is 1. The Balaban J connectivity index is 1.92. The highest BCUT2D eigenvalue weighted by molar-refractivity contribution is 6.30. The van der Waals surface area contributed by atoms with E-state index in [0.29, 0.717) is 17.3 Å². The summed E-state index contributed by atoms with van der Waals surface area (Å²) < 4.78 is 1.75. The second-order valence-corrected chi connectivity index (χ2v) is 5.60. The van der Waals surface area contributed by atoms with Crippen LogP contribution in [0.5, 0.6) is 0 Å². The Hall–Kier alpha value is -1.85. The minimum Gasteiger partial charge on any atom is -0.330 e. The highest BCUT2D eigenvalue weighted by Gasteiger charge is 2.29. The summed E-state index contributed by atoms with van der Waals surface area (Å²) in [6.45, 7) is 2.19. The van der Waals surface area contributed by atoms with Gasteiger partial charge in [0.25, 0.3) is 5.91 Å². The third kappa shape index (κ3) is 2.80. The SMILES string of the molecule is Cn1cncc1C(=O)N1CCNCC1c1cccc(Cl)c1. The van der Waals surface area contributed by atoms with Gasteiger partial charge in [0, 0.05) is 31.7 Å². The number of aromatic nitrogens is 2. The zero-order valence-electron chi connectivity index (χ0n) is 11.8. The van der Waals surface area contributed by atoms with Gasteiger partial charge < -0.3 is 14.8 Å². The molecular formula is C15H17ClN4O. The van der Waals surface area contributed by atoms with Crippen molar-refractivity contribution in [3.63, 3.8) is 0 Å². The lowest BCUT2D eigenvalue weighted by atomic mass is 10.0. The summed E-state index contributed by atoms with van der Waals surface area (Å²) >= 11 is 6.08. The molecule has 1 aromatic carbocycles. The van der Waals surface area contributed by atoms with E-state index >= 15 is 0 Å². The number of rotatable bonds is 2. The summed E-state index contributed by atoms with van der Waals surface area (Å²) in [7, 11) is 1.83. The first-order valence-corrected chi connectivity index (χ1v) is 7.28. The smallest absolute Gasteiger partial charge is 0.272 e. The van der Waals surface area contributed by atoms with E-state index in [1.165, 1.54) is 0 Å². The number of piperazine rings is 1. The number of halogens is 1. The molecule has 0 saturated carbocycles. The summed E-state index contributed by atoms with van der Waals surface area (Å²) in [5, 5.41) is 4.02. The molecule has 1 aliphatic rings. The van der Waals surface area contributed by atoms with Crippen LogP contribution in [0.2, 0.25) is 5.02 Å². The fourth-order valence-corrected chi connectivity index (χ4v) is 2.87. The molecule has 1 aromatic heterocycles. The Morgan fingerprint density at radius 1 is 1.48 bits per heavy atom. The van der Waals surface area contributed by atoms with Gasteiger partial charge in [-0.2, -0.15) is 0 Å². The molecule has 0 spiro atoms. The van der Waals surface area contributed by atoms with Crippen LogP contribution in [0.15, 0.2) is 36.8 Å². The average molecular weight is 305 g/mol. The number of hydrogen-bond donors (Lipinski definition) is 1. The van der Waals surface area contributed by atoms with Gasteiger partial charge in [0.05, 0.1) is 18.6 Å². The van der Waals surface area contributed by atoms with Crippen LogP contribution in [0.3, 0.4) is 0 Å². The van der Waals surface area contributed by atoms with Crippen LogP contribution in [0, 0.1) is 0 Å². The highest BCUT2D eigenvalue weighted by Crippen LogP contribution is 2.26. The number of hydrogen-bond acceptors (Lipinski definition) is 3. The third-order valence-electron chi connectivity index (χ3n) is 3.77. The van der Waals surface area contributed by atoms with Crippen molar-refractivity contribution in [1.82, 2.24) is 19.8 Å². The van der Waals surface area contributed by atoms with E-state index in [1.54, 1.807) is 17.1 Å². The second kappa shape index (κ2) is 5.87. The molecule has 21 heavy (non-hydrogen) atoms. The fourth-order valence-electron chi connectivity index (χ4n) is 2.67. The molecule has 3 rings (SSSR count). The summed E-state index contributed by atoms with van der Waals surface area (Å²) in [6, 6.07) is 7.67. The van der Waals surface area contributed by atoms with Crippen LogP contribution >= 0.6 is 11.6 Å². The lowest BCUT2D eigenvalue weighted by Crippen LogP contribution is -2.49. The first-order valence-electron chi connectivity index (χ1n) is 6.90. The van der Waals surface area contributed by atoms with Crippen molar-refractivity contribution in [2.45, 2.75) is 6.04 Å². The molecule has 2 heterocycles. The van der Waals surface area contributed by atoms with Crippen LogP contribution < -0.4 is 5.32 Å². The van der Waals surface area contributed by atoms with E-state index in [-0.39, 0.29) is 11.9 Å². The second-order valence-electron chi connectivity index (χ2n) is 5.16. The minimum absolute atomic E-state index is 0.00137. The number of carbonyl (C=O) groups is 1. The largest absolute Gasteiger partial charge is 0.330 e. The van der Waals surface area contributed by atoms with Gasteiger partial charge in [-0.15, -0.1) is 0 Å².